The number of hydrogen-bond donors (Lipinski definition) is 1. The van der Waals surface area contributed by atoms with E-state index in [0.717, 1.165) is 0 Å². The molecular weight excluding hydrogens is 218 g/mol. The van der Waals surface area contributed by atoms with Gasteiger partial charge in [-0.1, -0.05) is 0 Å². The van der Waals surface area contributed by atoms with Gasteiger partial charge >= 0.3 is 5.97 Å². The lowest BCUT2D eigenvalue weighted by atomic mass is 9.84. The molecule has 0 radical (unpaired) electrons. The van der Waals surface area contributed by atoms with Crippen molar-refractivity contribution in [3.63, 3.8) is 0 Å². The summed E-state index contributed by atoms with van der Waals surface area (Å²) in [5.41, 5.74) is -0.782. The molecule has 16 heavy (non-hydrogen) atoms. The van der Waals surface area contributed by atoms with Crippen molar-refractivity contribution < 1.29 is 23.4 Å². The van der Waals surface area contributed by atoms with Gasteiger partial charge in [-0.3, -0.25) is 4.79 Å². The second-order valence-electron chi connectivity index (χ2n) is 5.28. The highest BCUT2D eigenvalue weighted by Crippen LogP contribution is 2.39. The molecule has 0 aromatic heterocycles. The van der Waals surface area contributed by atoms with Crippen molar-refractivity contribution in [3.8, 4) is 0 Å². The SMILES string of the molecule is CC(C)(C)OC(=O)C1CC(O)CCC1(F)F. The minimum atomic E-state index is -3.07. The summed E-state index contributed by atoms with van der Waals surface area (Å²) >= 11 is 0. The molecule has 0 amide bonds. The third-order valence-corrected chi connectivity index (χ3v) is 2.52. The van der Waals surface area contributed by atoms with Gasteiger partial charge < -0.3 is 9.84 Å². The van der Waals surface area contributed by atoms with Crippen LogP contribution in [0.15, 0.2) is 0 Å². The predicted molar refractivity (Wildman–Crippen MR) is 54.1 cm³/mol. The summed E-state index contributed by atoms with van der Waals surface area (Å²) in [6, 6.07) is 0. The number of halogens is 2. The summed E-state index contributed by atoms with van der Waals surface area (Å²) in [5, 5.41) is 9.32. The Kier molecular flexibility index (Phi) is 3.57. The predicted octanol–water partition coefficient (Wildman–Crippen LogP) is 2.12. The highest BCUT2D eigenvalue weighted by atomic mass is 19.3. The Bertz CT molecular complexity index is 271. The molecule has 1 fully saturated rings. The maximum Gasteiger partial charge on any atom is 0.315 e. The molecule has 1 N–H and O–H groups in total. The third kappa shape index (κ3) is 3.40. The van der Waals surface area contributed by atoms with Gasteiger partial charge in [0.25, 0.3) is 5.92 Å². The average molecular weight is 236 g/mol. The molecule has 5 heteroatoms. The number of alkyl halides is 2. The molecule has 0 aliphatic heterocycles. The molecule has 1 rings (SSSR count). The van der Waals surface area contributed by atoms with Gasteiger partial charge in [-0.2, -0.15) is 0 Å². The summed E-state index contributed by atoms with van der Waals surface area (Å²) < 4.78 is 31.8. The Morgan fingerprint density at radius 3 is 2.50 bits per heavy atom. The molecule has 94 valence electrons. The lowest BCUT2D eigenvalue weighted by Gasteiger charge is -2.34. The molecule has 0 saturated heterocycles. The van der Waals surface area contributed by atoms with E-state index < -0.39 is 35.9 Å². The van der Waals surface area contributed by atoms with Crippen LogP contribution < -0.4 is 0 Å². The summed E-state index contributed by atoms with van der Waals surface area (Å²) in [5.74, 6) is -5.51. The smallest absolute Gasteiger partial charge is 0.315 e. The fourth-order valence-electron chi connectivity index (χ4n) is 1.74. The fourth-order valence-corrected chi connectivity index (χ4v) is 1.74. The van der Waals surface area contributed by atoms with Crippen LogP contribution >= 0.6 is 0 Å². The van der Waals surface area contributed by atoms with Gasteiger partial charge in [0.1, 0.15) is 11.5 Å². The first-order valence-corrected chi connectivity index (χ1v) is 5.40. The van der Waals surface area contributed by atoms with Crippen LogP contribution in [0.5, 0.6) is 0 Å². The van der Waals surface area contributed by atoms with Crippen molar-refractivity contribution in [2.45, 2.75) is 57.7 Å². The Balaban J connectivity index is 2.72. The zero-order chi connectivity index (χ0) is 12.6. The number of aliphatic hydroxyl groups excluding tert-OH is 1. The van der Waals surface area contributed by atoms with E-state index in [1.807, 2.05) is 0 Å². The Labute approximate surface area is 93.8 Å². The molecule has 1 aliphatic rings. The number of rotatable bonds is 1. The summed E-state index contributed by atoms with van der Waals surface area (Å²) in [6.45, 7) is 4.88. The zero-order valence-corrected chi connectivity index (χ0v) is 9.80. The molecule has 0 bridgehead atoms. The normalized spacial score (nSPS) is 29.9. The van der Waals surface area contributed by atoms with Gasteiger partial charge in [0.05, 0.1) is 6.10 Å². The molecule has 1 saturated carbocycles. The topological polar surface area (TPSA) is 46.5 Å². The van der Waals surface area contributed by atoms with Gasteiger partial charge in [0.2, 0.25) is 0 Å². The molecule has 2 atom stereocenters. The summed E-state index contributed by atoms with van der Waals surface area (Å²) in [6.07, 6.45) is -1.48. The molecule has 0 aromatic carbocycles. The van der Waals surface area contributed by atoms with E-state index in [-0.39, 0.29) is 12.8 Å². The minimum Gasteiger partial charge on any atom is -0.460 e. The highest BCUT2D eigenvalue weighted by molar-refractivity contribution is 5.74. The van der Waals surface area contributed by atoms with E-state index in [0.29, 0.717) is 0 Å². The molecule has 0 aromatic rings. The first kappa shape index (κ1) is 13.4. The Morgan fingerprint density at radius 2 is 2.00 bits per heavy atom. The lowest BCUT2D eigenvalue weighted by Crippen LogP contribution is -2.44. The zero-order valence-electron chi connectivity index (χ0n) is 9.80. The molecule has 3 nitrogen and oxygen atoms in total. The number of carbonyl (C=O) groups is 1. The van der Waals surface area contributed by atoms with Crippen LogP contribution in [0.2, 0.25) is 0 Å². The highest BCUT2D eigenvalue weighted by Gasteiger charge is 2.49. The standard InChI is InChI=1S/C11H18F2O3/c1-10(2,3)16-9(15)8-6-7(14)4-5-11(8,12)13/h7-8,14H,4-6H2,1-3H3. The Hall–Kier alpha value is -0.710. The second-order valence-corrected chi connectivity index (χ2v) is 5.28. The van der Waals surface area contributed by atoms with Crippen molar-refractivity contribution in [1.82, 2.24) is 0 Å². The number of aliphatic hydroxyl groups is 1. The first-order chi connectivity index (χ1) is 7.12. The quantitative estimate of drug-likeness (QED) is 0.709. The van der Waals surface area contributed by atoms with E-state index in [1.54, 1.807) is 20.8 Å². The molecular formula is C11H18F2O3. The maximum absolute atomic E-state index is 13.5. The molecule has 0 heterocycles. The number of hydrogen-bond acceptors (Lipinski definition) is 3. The summed E-state index contributed by atoms with van der Waals surface area (Å²) in [7, 11) is 0. The van der Waals surface area contributed by atoms with Crippen LogP contribution in [0.4, 0.5) is 8.78 Å². The van der Waals surface area contributed by atoms with Gasteiger partial charge in [0.15, 0.2) is 0 Å². The van der Waals surface area contributed by atoms with Crippen LogP contribution in [0.1, 0.15) is 40.0 Å². The van der Waals surface area contributed by atoms with E-state index >= 15 is 0 Å². The third-order valence-electron chi connectivity index (χ3n) is 2.52. The van der Waals surface area contributed by atoms with Crippen molar-refractivity contribution in [2.24, 2.45) is 5.92 Å². The van der Waals surface area contributed by atoms with Crippen molar-refractivity contribution in [2.75, 3.05) is 0 Å². The molecule has 0 spiro atoms. The number of esters is 1. The largest absolute Gasteiger partial charge is 0.460 e. The van der Waals surface area contributed by atoms with Gasteiger partial charge in [-0.05, 0) is 33.6 Å². The van der Waals surface area contributed by atoms with Gasteiger partial charge in [-0.25, -0.2) is 8.78 Å². The van der Waals surface area contributed by atoms with E-state index in [4.69, 9.17) is 4.74 Å². The first-order valence-electron chi connectivity index (χ1n) is 5.40. The monoisotopic (exact) mass is 236 g/mol. The van der Waals surface area contributed by atoms with Gasteiger partial charge in [-0.15, -0.1) is 0 Å². The average Bonchev–Trinajstić information content (AvgIpc) is 2.06. The van der Waals surface area contributed by atoms with Crippen LogP contribution in [-0.4, -0.2) is 28.7 Å². The van der Waals surface area contributed by atoms with Crippen LogP contribution in [0, 0.1) is 5.92 Å². The molecule has 1 aliphatic carbocycles. The summed E-state index contributed by atoms with van der Waals surface area (Å²) in [4.78, 5) is 11.6. The second kappa shape index (κ2) is 4.28. The van der Waals surface area contributed by atoms with E-state index in [9.17, 15) is 18.7 Å². The fraction of sp³-hybridized carbons (Fsp3) is 0.909. The van der Waals surface area contributed by atoms with Crippen molar-refractivity contribution in [3.05, 3.63) is 0 Å². The van der Waals surface area contributed by atoms with Crippen molar-refractivity contribution >= 4 is 5.97 Å². The number of ether oxygens (including phenoxy) is 1. The maximum atomic E-state index is 13.5. The van der Waals surface area contributed by atoms with Crippen LogP contribution in [-0.2, 0) is 9.53 Å². The number of carbonyl (C=O) groups excluding carboxylic acids is 1. The lowest BCUT2D eigenvalue weighted by molar-refractivity contribution is -0.184. The van der Waals surface area contributed by atoms with E-state index in [2.05, 4.69) is 0 Å². The van der Waals surface area contributed by atoms with Crippen LogP contribution in [0.25, 0.3) is 0 Å². The Morgan fingerprint density at radius 1 is 1.44 bits per heavy atom. The van der Waals surface area contributed by atoms with E-state index in [1.165, 1.54) is 0 Å². The minimum absolute atomic E-state index is 0.0340. The molecule has 2 unspecified atom stereocenters. The van der Waals surface area contributed by atoms with Crippen LogP contribution in [0.3, 0.4) is 0 Å². The van der Waals surface area contributed by atoms with Crippen molar-refractivity contribution in [1.29, 1.82) is 0 Å². The van der Waals surface area contributed by atoms with Gasteiger partial charge in [0, 0.05) is 6.42 Å².